The van der Waals surface area contributed by atoms with Crippen LogP contribution in [0.1, 0.15) is 16.8 Å². The van der Waals surface area contributed by atoms with E-state index in [2.05, 4.69) is 20.9 Å². The third-order valence-corrected chi connectivity index (χ3v) is 3.51. The van der Waals surface area contributed by atoms with E-state index in [0.29, 0.717) is 15.8 Å². The largest absolute Gasteiger partial charge is 0.438 e. The summed E-state index contributed by atoms with van der Waals surface area (Å²) in [6, 6.07) is 6.33. The van der Waals surface area contributed by atoms with E-state index < -0.39 is 5.82 Å². The van der Waals surface area contributed by atoms with Gasteiger partial charge in [0.05, 0.1) is 10.0 Å². The van der Waals surface area contributed by atoms with Gasteiger partial charge in [-0.3, -0.25) is 0 Å². The van der Waals surface area contributed by atoms with Crippen LogP contribution in [0.4, 0.5) is 4.39 Å². The minimum Gasteiger partial charge on any atom is -0.438 e. The second kappa shape index (κ2) is 5.85. The van der Waals surface area contributed by atoms with Crippen molar-refractivity contribution in [2.45, 2.75) is 13.8 Å². The van der Waals surface area contributed by atoms with Crippen molar-refractivity contribution in [1.29, 1.82) is 0 Å². The van der Waals surface area contributed by atoms with Crippen molar-refractivity contribution in [2.24, 2.45) is 5.73 Å². The Hall–Kier alpha value is -1.53. The number of benzene rings is 1. The first-order chi connectivity index (χ1) is 9.38. The van der Waals surface area contributed by atoms with Gasteiger partial charge in [-0.05, 0) is 53.5 Å². The molecule has 0 unspecified atom stereocenters. The SMILES string of the molecule is Cc1cc(C)c(C(N)=S)c(Oc2ccc(Br)c(F)c2)n1. The Morgan fingerprint density at radius 2 is 2.05 bits per heavy atom. The maximum atomic E-state index is 13.5. The van der Waals surface area contributed by atoms with E-state index in [4.69, 9.17) is 22.7 Å². The minimum absolute atomic E-state index is 0.197. The highest BCUT2D eigenvalue weighted by molar-refractivity contribution is 9.10. The summed E-state index contributed by atoms with van der Waals surface area (Å²) in [5.41, 5.74) is 7.91. The van der Waals surface area contributed by atoms with Crippen LogP contribution in [0.25, 0.3) is 0 Å². The number of hydrogen-bond acceptors (Lipinski definition) is 3. The zero-order chi connectivity index (χ0) is 14.9. The summed E-state index contributed by atoms with van der Waals surface area (Å²) in [7, 11) is 0. The number of pyridine rings is 1. The molecule has 2 aromatic rings. The number of nitrogens with zero attached hydrogens (tertiary/aromatic N) is 1. The molecule has 1 aromatic carbocycles. The van der Waals surface area contributed by atoms with Crippen molar-refractivity contribution in [3.63, 3.8) is 0 Å². The van der Waals surface area contributed by atoms with Gasteiger partial charge in [0.2, 0.25) is 5.88 Å². The third kappa shape index (κ3) is 3.13. The predicted octanol–water partition coefficient (Wildman–Crippen LogP) is 4.03. The lowest BCUT2D eigenvalue weighted by atomic mass is 10.1. The van der Waals surface area contributed by atoms with Gasteiger partial charge in [0, 0.05) is 11.8 Å². The number of aryl methyl sites for hydroxylation is 2. The third-order valence-electron chi connectivity index (χ3n) is 2.66. The summed E-state index contributed by atoms with van der Waals surface area (Å²) >= 11 is 8.11. The molecule has 1 heterocycles. The molecular formula is C14H12BrFN2OS. The van der Waals surface area contributed by atoms with Gasteiger partial charge in [-0.1, -0.05) is 12.2 Å². The van der Waals surface area contributed by atoms with Crippen molar-refractivity contribution in [2.75, 3.05) is 0 Å². The van der Waals surface area contributed by atoms with Gasteiger partial charge < -0.3 is 10.5 Å². The molecule has 0 amide bonds. The smallest absolute Gasteiger partial charge is 0.229 e. The number of hydrogen-bond donors (Lipinski definition) is 1. The highest BCUT2D eigenvalue weighted by Crippen LogP contribution is 2.28. The molecule has 20 heavy (non-hydrogen) atoms. The van der Waals surface area contributed by atoms with Crippen LogP contribution in [0, 0.1) is 19.7 Å². The molecule has 6 heteroatoms. The molecule has 2 rings (SSSR count). The van der Waals surface area contributed by atoms with Crippen molar-refractivity contribution >= 4 is 33.1 Å². The van der Waals surface area contributed by atoms with Gasteiger partial charge in [-0.2, -0.15) is 0 Å². The van der Waals surface area contributed by atoms with Gasteiger partial charge in [0.15, 0.2) is 0 Å². The topological polar surface area (TPSA) is 48.1 Å². The van der Waals surface area contributed by atoms with Gasteiger partial charge in [0.1, 0.15) is 16.6 Å². The maximum Gasteiger partial charge on any atom is 0.229 e. The number of rotatable bonds is 3. The molecule has 0 bridgehead atoms. The van der Waals surface area contributed by atoms with Crippen LogP contribution >= 0.6 is 28.1 Å². The second-order valence-corrected chi connectivity index (χ2v) is 5.60. The first-order valence-corrected chi connectivity index (χ1v) is 6.99. The number of aromatic nitrogens is 1. The molecule has 0 spiro atoms. The van der Waals surface area contributed by atoms with E-state index in [1.54, 1.807) is 12.1 Å². The standard InChI is InChI=1S/C14H12BrFN2OS/c1-7-5-8(2)18-14(12(7)13(17)20)19-9-3-4-10(15)11(16)6-9/h3-6H,1-2H3,(H2,17,20). The molecule has 0 radical (unpaired) electrons. The summed E-state index contributed by atoms with van der Waals surface area (Å²) in [4.78, 5) is 4.48. The van der Waals surface area contributed by atoms with E-state index in [1.165, 1.54) is 6.07 Å². The molecule has 0 fully saturated rings. The van der Waals surface area contributed by atoms with Crippen LogP contribution in [0.15, 0.2) is 28.7 Å². The first kappa shape index (κ1) is 14.9. The van der Waals surface area contributed by atoms with Crippen molar-refractivity contribution in [3.05, 3.63) is 51.4 Å². The van der Waals surface area contributed by atoms with Crippen LogP contribution in [0.2, 0.25) is 0 Å². The fraction of sp³-hybridized carbons (Fsp3) is 0.143. The quantitative estimate of drug-likeness (QED) is 0.845. The molecule has 0 atom stereocenters. The summed E-state index contributed by atoms with van der Waals surface area (Å²) in [5, 5.41) is 0. The van der Waals surface area contributed by atoms with Gasteiger partial charge in [-0.15, -0.1) is 0 Å². The van der Waals surface area contributed by atoms with Crippen molar-refractivity contribution in [1.82, 2.24) is 4.98 Å². The Kier molecular flexibility index (Phi) is 4.35. The molecule has 0 saturated carbocycles. The van der Waals surface area contributed by atoms with E-state index in [9.17, 15) is 4.39 Å². The van der Waals surface area contributed by atoms with E-state index in [0.717, 1.165) is 11.3 Å². The second-order valence-electron chi connectivity index (χ2n) is 4.30. The van der Waals surface area contributed by atoms with Gasteiger partial charge >= 0.3 is 0 Å². The average Bonchev–Trinajstić information content (AvgIpc) is 2.32. The lowest BCUT2D eigenvalue weighted by Gasteiger charge is -2.13. The van der Waals surface area contributed by atoms with E-state index in [1.807, 2.05) is 19.9 Å². The number of thiocarbonyl (C=S) groups is 1. The summed E-state index contributed by atoms with van der Waals surface area (Å²) in [6.45, 7) is 3.71. The molecule has 1 aromatic heterocycles. The fourth-order valence-corrected chi connectivity index (χ4v) is 2.32. The highest BCUT2D eigenvalue weighted by Gasteiger charge is 2.14. The summed E-state index contributed by atoms with van der Waals surface area (Å²) in [6.07, 6.45) is 0. The van der Waals surface area contributed by atoms with Gasteiger partial charge in [0.25, 0.3) is 0 Å². The molecule has 3 nitrogen and oxygen atoms in total. The monoisotopic (exact) mass is 354 g/mol. The maximum absolute atomic E-state index is 13.5. The van der Waals surface area contributed by atoms with Crippen LogP contribution in [-0.2, 0) is 0 Å². The Morgan fingerprint density at radius 1 is 1.35 bits per heavy atom. The fourth-order valence-electron chi connectivity index (χ4n) is 1.83. The zero-order valence-electron chi connectivity index (χ0n) is 10.9. The van der Waals surface area contributed by atoms with Crippen molar-refractivity contribution < 1.29 is 9.13 Å². The van der Waals surface area contributed by atoms with E-state index >= 15 is 0 Å². The molecular weight excluding hydrogens is 343 g/mol. The highest BCUT2D eigenvalue weighted by atomic mass is 79.9. The molecule has 0 aliphatic carbocycles. The predicted molar refractivity (Wildman–Crippen MR) is 83.8 cm³/mol. The zero-order valence-corrected chi connectivity index (χ0v) is 13.3. The average molecular weight is 355 g/mol. The number of halogens is 2. The number of ether oxygens (including phenoxy) is 1. The Bertz CT molecular complexity index is 691. The lowest BCUT2D eigenvalue weighted by Crippen LogP contribution is -2.14. The first-order valence-electron chi connectivity index (χ1n) is 5.79. The summed E-state index contributed by atoms with van der Waals surface area (Å²) < 4.78 is 19.5. The lowest BCUT2D eigenvalue weighted by molar-refractivity contribution is 0.455. The van der Waals surface area contributed by atoms with Crippen LogP contribution in [0.5, 0.6) is 11.6 Å². The molecule has 0 aliphatic heterocycles. The Morgan fingerprint density at radius 3 is 2.65 bits per heavy atom. The van der Waals surface area contributed by atoms with Crippen LogP contribution < -0.4 is 10.5 Å². The minimum atomic E-state index is -0.413. The molecule has 0 aliphatic rings. The van der Waals surface area contributed by atoms with Gasteiger partial charge in [-0.25, -0.2) is 9.37 Å². The Labute approximate surface area is 130 Å². The number of nitrogens with two attached hydrogens (primary N) is 1. The summed E-state index contributed by atoms with van der Waals surface area (Å²) in [5.74, 6) is 0.209. The van der Waals surface area contributed by atoms with Crippen LogP contribution in [0.3, 0.4) is 0 Å². The van der Waals surface area contributed by atoms with Crippen LogP contribution in [-0.4, -0.2) is 9.97 Å². The normalized spacial score (nSPS) is 10.4. The Balaban J connectivity index is 2.47. The van der Waals surface area contributed by atoms with Crippen molar-refractivity contribution in [3.8, 4) is 11.6 Å². The molecule has 0 saturated heterocycles. The van der Waals surface area contributed by atoms with E-state index in [-0.39, 0.29) is 10.9 Å². The molecule has 104 valence electrons. The molecule has 2 N–H and O–H groups in total.